The monoisotopic (exact) mass is 246 g/mol. The zero-order valence-corrected chi connectivity index (χ0v) is 11.0. The first-order valence-corrected chi connectivity index (χ1v) is 6.74. The van der Waals surface area contributed by atoms with Crippen molar-refractivity contribution < 1.29 is 4.79 Å². The SMILES string of the molecule is C[C@H](c1ccccc1)N(CC(N)=O)CC1CCC1. The molecule has 0 bridgehead atoms. The van der Waals surface area contributed by atoms with Crippen LogP contribution in [0.5, 0.6) is 0 Å². The van der Waals surface area contributed by atoms with E-state index in [0.29, 0.717) is 6.54 Å². The summed E-state index contributed by atoms with van der Waals surface area (Å²) in [4.78, 5) is 13.4. The fraction of sp³-hybridized carbons (Fsp3) is 0.533. The number of benzene rings is 1. The molecule has 0 unspecified atom stereocenters. The first kappa shape index (κ1) is 13.1. The Balaban J connectivity index is 2.04. The molecule has 18 heavy (non-hydrogen) atoms. The van der Waals surface area contributed by atoms with Crippen molar-refractivity contribution in [2.75, 3.05) is 13.1 Å². The van der Waals surface area contributed by atoms with Gasteiger partial charge in [-0.05, 0) is 31.2 Å². The Morgan fingerprint density at radius 3 is 2.56 bits per heavy atom. The summed E-state index contributed by atoms with van der Waals surface area (Å²) in [5, 5.41) is 0. The topological polar surface area (TPSA) is 46.3 Å². The molecule has 3 heteroatoms. The van der Waals surface area contributed by atoms with E-state index in [1.165, 1.54) is 24.8 Å². The predicted molar refractivity (Wildman–Crippen MR) is 73.0 cm³/mol. The molecule has 0 heterocycles. The lowest BCUT2D eigenvalue weighted by Crippen LogP contribution is -2.40. The Hall–Kier alpha value is -1.35. The molecule has 1 saturated carbocycles. The van der Waals surface area contributed by atoms with Crippen LogP contribution in [-0.2, 0) is 4.79 Å². The lowest BCUT2D eigenvalue weighted by molar-refractivity contribution is -0.120. The largest absolute Gasteiger partial charge is 0.369 e. The molecule has 0 aliphatic heterocycles. The standard InChI is InChI=1S/C15H22N2O/c1-12(14-8-3-2-4-9-14)17(11-15(16)18)10-13-6-5-7-13/h2-4,8-9,12-13H,5-7,10-11H2,1H3,(H2,16,18)/t12-/m1/s1. The number of carbonyl (C=O) groups is 1. The van der Waals surface area contributed by atoms with E-state index in [1.807, 2.05) is 18.2 Å². The number of amides is 1. The van der Waals surface area contributed by atoms with Crippen LogP contribution in [0.3, 0.4) is 0 Å². The Morgan fingerprint density at radius 1 is 1.39 bits per heavy atom. The molecule has 1 aliphatic carbocycles. The molecule has 1 aromatic carbocycles. The third-order valence-electron chi connectivity index (χ3n) is 3.91. The maximum absolute atomic E-state index is 11.2. The van der Waals surface area contributed by atoms with E-state index in [4.69, 9.17) is 5.73 Å². The second kappa shape index (κ2) is 6.01. The number of nitrogens with zero attached hydrogens (tertiary/aromatic N) is 1. The summed E-state index contributed by atoms with van der Waals surface area (Å²) in [6.07, 6.45) is 3.91. The van der Waals surface area contributed by atoms with Gasteiger partial charge in [0.1, 0.15) is 0 Å². The lowest BCUT2D eigenvalue weighted by Gasteiger charge is -2.35. The summed E-state index contributed by atoms with van der Waals surface area (Å²) in [6.45, 7) is 3.49. The fourth-order valence-electron chi connectivity index (χ4n) is 2.51. The van der Waals surface area contributed by atoms with Crippen LogP contribution < -0.4 is 5.73 Å². The smallest absolute Gasteiger partial charge is 0.231 e. The zero-order chi connectivity index (χ0) is 13.0. The molecule has 1 atom stereocenters. The Labute approximate surface area is 109 Å². The van der Waals surface area contributed by atoms with Crippen molar-refractivity contribution in [3.63, 3.8) is 0 Å². The molecule has 0 aromatic heterocycles. The molecule has 0 radical (unpaired) electrons. The van der Waals surface area contributed by atoms with Crippen LogP contribution in [-0.4, -0.2) is 23.9 Å². The van der Waals surface area contributed by atoms with Gasteiger partial charge in [0, 0.05) is 12.6 Å². The van der Waals surface area contributed by atoms with Crippen LogP contribution in [0, 0.1) is 5.92 Å². The minimum absolute atomic E-state index is 0.239. The van der Waals surface area contributed by atoms with Crippen LogP contribution in [0.1, 0.15) is 37.8 Å². The van der Waals surface area contributed by atoms with Crippen molar-refractivity contribution in [2.45, 2.75) is 32.2 Å². The molecular formula is C15H22N2O. The van der Waals surface area contributed by atoms with Crippen LogP contribution >= 0.6 is 0 Å². The summed E-state index contributed by atoms with van der Waals surface area (Å²) < 4.78 is 0. The van der Waals surface area contributed by atoms with Gasteiger partial charge in [-0.25, -0.2) is 0 Å². The molecule has 1 aromatic rings. The van der Waals surface area contributed by atoms with E-state index in [1.54, 1.807) is 0 Å². The Bertz CT molecular complexity index is 387. The predicted octanol–water partition coefficient (Wildman–Crippen LogP) is 2.33. The van der Waals surface area contributed by atoms with Crippen molar-refractivity contribution >= 4 is 5.91 Å². The minimum Gasteiger partial charge on any atom is -0.369 e. The average Bonchev–Trinajstić information content (AvgIpc) is 2.32. The number of nitrogens with two attached hydrogens (primary N) is 1. The van der Waals surface area contributed by atoms with Crippen LogP contribution in [0.25, 0.3) is 0 Å². The maximum atomic E-state index is 11.2. The van der Waals surface area contributed by atoms with Crippen molar-refractivity contribution in [3.8, 4) is 0 Å². The van der Waals surface area contributed by atoms with Crippen LogP contribution in [0.4, 0.5) is 0 Å². The average molecular weight is 246 g/mol. The number of carbonyl (C=O) groups excluding carboxylic acids is 1. The molecular weight excluding hydrogens is 224 g/mol. The van der Waals surface area contributed by atoms with Gasteiger partial charge in [-0.3, -0.25) is 9.69 Å². The van der Waals surface area contributed by atoms with Gasteiger partial charge in [0.15, 0.2) is 0 Å². The highest BCUT2D eigenvalue weighted by Gasteiger charge is 2.25. The van der Waals surface area contributed by atoms with Gasteiger partial charge >= 0.3 is 0 Å². The van der Waals surface area contributed by atoms with E-state index in [2.05, 4.69) is 24.0 Å². The molecule has 0 saturated heterocycles. The van der Waals surface area contributed by atoms with Crippen molar-refractivity contribution in [1.29, 1.82) is 0 Å². The summed E-state index contributed by atoms with van der Waals surface area (Å²) in [7, 11) is 0. The lowest BCUT2D eigenvalue weighted by atomic mass is 9.84. The van der Waals surface area contributed by atoms with E-state index in [9.17, 15) is 4.79 Å². The summed E-state index contributed by atoms with van der Waals surface area (Å²) in [5.74, 6) is 0.507. The van der Waals surface area contributed by atoms with Gasteiger partial charge < -0.3 is 5.73 Å². The Morgan fingerprint density at radius 2 is 2.06 bits per heavy atom. The third-order valence-corrected chi connectivity index (χ3v) is 3.91. The fourth-order valence-corrected chi connectivity index (χ4v) is 2.51. The van der Waals surface area contributed by atoms with Crippen molar-refractivity contribution in [2.24, 2.45) is 11.7 Å². The van der Waals surface area contributed by atoms with Gasteiger partial charge in [0.05, 0.1) is 6.54 Å². The van der Waals surface area contributed by atoms with Gasteiger partial charge in [-0.2, -0.15) is 0 Å². The van der Waals surface area contributed by atoms with E-state index in [0.717, 1.165) is 12.5 Å². The van der Waals surface area contributed by atoms with E-state index < -0.39 is 0 Å². The summed E-state index contributed by atoms with van der Waals surface area (Å²) >= 11 is 0. The maximum Gasteiger partial charge on any atom is 0.231 e. The molecule has 98 valence electrons. The first-order valence-electron chi connectivity index (χ1n) is 6.74. The Kier molecular flexibility index (Phi) is 4.37. The van der Waals surface area contributed by atoms with Crippen molar-refractivity contribution in [3.05, 3.63) is 35.9 Å². The molecule has 1 amide bonds. The highest BCUT2D eigenvalue weighted by molar-refractivity contribution is 5.76. The molecule has 2 N–H and O–H groups in total. The summed E-state index contributed by atoms with van der Waals surface area (Å²) in [5.41, 5.74) is 6.61. The molecule has 2 rings (SSSR count). The number of rotatable bonds is 6. The molecule has 1 aliphatic rings. The van der Waals surface area contributed by atoms with Gasteiger partial charge in [0.2, 0.25) is 5.91 Å². The highest BCUT2D eigenvalue weighted by Crippen LogP contribution is 2.30. The molecule has 3 nitrogen and oxygen atoms in total. The normalized spacial score (nSPS) is 17.4. The summed E-state index contributed by atoms with van der Waals surface area (Å²) in [6, 6.07) is 10.6. The second-order valence-electron chi connectivity index (χ2n) is 5.28. The third kappa shape index (κ3) is 3.33. The first-order chi connectivity index (χ1) is 8.66. The number of hydrogen-bond acceptors (Lipinski definition) is 2. The number of primary amides is 1. The minimum atomic E-state index is -0.239. The molecule has 0 spiro atoms. The van der Waals surface area contributed by atoms with E-state index in [-0.39, 0.29) is 11.9 Å². The molecule has 1 fully saturated rings. The van der Waals surface area contributed by atoms with Crippen LogP contribution in [0.2, 0.25) is 0 Å². The van der Waals surface area contributed by atoms with Crippen LogP contribution in [0.15, 0.2) is 30.3 Å². The van der Waals surface area contributed by atoms with Crippen molar-refractivity contribution in [1.82, 2.24) is 4.90 Å². The van der Waals surface area contributed by atoms with Gasteiger partial charge in [0.25, 0.3) is 0 Å². The number of hydrogen-bond donors (Lipinski definition) is 1. The van der Waals surface area contributed by atoms with E-state index >= 15 is 0 Å². The quantitative estimate of drug-likeness (QED) is 0.837. The highest BCUT2D eigenvalue weighted by atomic mass is 16.1. The second-order valence-corrected chi connectivity index (χ2v) is 5.28. The van der Waals surface area contributed by atoms with Gasteiger partial charge in [-0.15, -0.1) is 0 Å². The van der Waals surface area contributed by atoms with Gasteiger partial charge in [-0.1, -0.05) is 36.8 Å². The zero-order valence-electron chi connectivity index (χ0n) is 11.0.